The molecule has 0 bridgehead atoms. The van der Waals surface area contributed by atoms with E-state index in [2.05, 4.69) is 16.4 Å². The number of pyridine rings is 1. The van der Waals surface area contributed by atoms with Gasteiger partial charge in [-0.25, -0.2) is 4.98 Å². The van der Waals surface area contributed by atoms with Crippen LogP contribution in [0.15, 0.2) is 12.1 Å². The van der Waals surface area contributed by atoms with E-state index in [0.29, 0.717) is 11.6 Å². The number of nitrogens with zero attached hydrogens (tertiary/aromatic N) is 1. The molecule has 16 heavy (non-hydrogen) atoms. The normalized spacial score (nSPS) is 17.4. The molecule has 0 saturated carbocycles. The lowest BCUT2D eigenvalue weighted by Gasteiger charge is -2.24. The summed E-state index contributed by atoms with van der Waals surface area (Å²) in [4.78, 5) is 15.6. The van der Waals surface area contributed by atoms with Crippen molar-refractivity contribution < 1.29 is 4.79 Å². The highest BCUT2D eigenvalue weighted by Crippen LogP contribution is 2.27. The number of hydrogen-bond donors (Lipinski definition) is 1. The minimum absolute atomic E-state index is 0.0416. The first-order valence-corrected chi connectivity index (χ1v) is 5.87. The largest absolute Gasteiger partial charge is 0.317 e. The molecule has 1 saturated heterocycles. The Morgan fingerprint density at radius 2 is 2.06 bits per heavy atom. The Labute approximate surface area is 96.3 Å². The van der Waals surface area contributed by atoms with Gasteiger partial charge < -0.3 is 5.32 Å². The molecule has 1 N–H and O–H groups in total. The van der Waals surface area contributed by atoms with Crippen molar-refractivity contribution in [2.24, 2.45) is 0 Å². The predicted molar refractivity (Wildman–Crippen MR) is 63.8 cm³/mol. The van der Waals surface area contributed by atoms with Crippen LogP contribution in [0, 0.1) is 6.92 Å². The van der Waals surface area contributed by atoms with Crippen molar-refractivity contribution in [3.63, 3.8) is 0 Å². The van der Waals surface area contributed by atoms with Gasteiger partial charge in [0.1, 0.15) is 5.69 Å². The summed E-state index contributed by atoms with van der Waals surface area (Å²) in [6.07, 6.45) is 2.34. The molecule has 0 aromatic carbocycles. The van der Waals surface area contributed by atoms with E-state index in [1.165, 1.54) is 18.4 Å². The highest BCUT2D eigenvalue weighted by atomic mass is 16.1. The summed E-state index contributed by atoms with van der Waals surface area (Å²) < 4.78 is 0. The van der Waals surface area contributed by atoms with Crippen LogP contribution >= 0.6 is 0 Å². The lowest BCUT2D eigenvalue weighted by molar-refractivity contribution is 0.101. The second-order valence-corrected chi connectivity index (χ2v) is 4.45. The van der Waals surface area contributed by atoms with Crippen LogP contribution in [0.25, 0.3) is 0 Å². The Hall–Kier alpha value is -1.22. The summed E-state index contributed by atoms with van der Waals surface area (Å²) in [6, 6.07) is 3.93. The van der Waals surface area contributed by atoms with Gasteiger partial charge in [0.25, 0.3) is 0 Å². The predicted octanol–water partition coefficient (Wildman–Crippen LogP) is 2.06. The zero-order valence-corrected chi connectivity index (χ0v) is 9.92. The Morgan fingerprint density at radius 1 is 1.38 bits per heavy atom. The lowest BCUT2D eigenvalue weighted by atomic mass is 9.89. The smallest absolute Gasteiger partial charge is 0.178 e. The van der Waals surface area contributed by atoms with Crippen LogP contribution in [0.2, 0.25) is 0 Å². The van der Waals surface area contributed by atoms with Gasteiger partial charge in [-0.1, -0.05) is 6.07 Å². The average Bonchev–Trinajstić information content (AvgIpc) is 2.30. The number of nitrogens with one attached hydrogen (secondary N) is 1. The fourth-order valence-electron chi connectivity index (χ4n) is 2.33. The van der Waals surface area contributed by atoms with Gasteiger partial charge in [0.15, 0.2) is 5.78 Å². The van der Waals surface area contributed by atoms with Crippen molar-refractivity contribution in [3.8, 4) is 0 Å². The van der Waals surface area contributed by atoms with Crippen LogP contribution in [0.5, 0.6) is 0 Å². The first kappa shape index (κ1) is 11.3. The van der Waals surface area contributed by atoms with E-state index in [-0.39, 0.29) is 5.78 Å². The molecule has 2 heterocycles. The fourth-order valence-corrected chi connectivity index (χ4v) is 2.33. The third-order valence-electron chi connectivity index (χ3n) is 3.27. The van der Waals surface area contributed by atoms with Crippen LogP contribution in [0.4, 0.5) is 0 Å². The van der Waals surface area contributed by atoms with Crippen LogP contribution in [0.3, 0.4) is 0 Å². The summed E-state index contributed by atoms with van der Waals surface area (Å²) in [5, 5.41) is 3.36. The molecule has 0 atom stereocenters. The van der Waals surface area contributed by atoms with Crippen molar-refractivity contribution in [1.82, 2.24) is 10.3 Å². The second kappa shape index (κ2) is 4.74. The number of carbonyl (C=O) groups excluding carboxylic acids is 1. The molecule has 1 aliphatic rings. The van der Waals surface area contributed by atoms with Crippen LogP contribution < -0.4 is 5.32 Å². The van der Waals surface area contributed by atoms with Gasteiger partial charge in [-0.05, 0) is 50.4 Å². The molecule has 1 aromatic rings. The molecule has 0 unspecified atom stereocenters. The molecule has 1 fully saturated rings. The maximum Gasteiger partial charge on any atom is 0.178 e. The molecule has 3 heteroatoms. The molecule has 3 nitrogen and oxygen atoms in total. The van der Waals surface area contributed by atoms with Crippen molar-refractivity contribution in [2.75, 3.05) is 13.1 Å². The highest BCUT2D eigenvalue weighted by molar-refractivity contribution is 5.92. The monoisotopic (exact) mass is 218 g/mol. The Morgan fingerprint density at radius 3 is 2.62 bits per heavy atom. The number of hydrogen-bond acceptors (Lipinski definition) is 3. The van der Waals surface area contributed by atoms with E-state index in [0.717, 1.165) is 18.8 Å². The average molecular weight is 218 g/mol. The van der Waals surface area contributed by atoms with Gasteiger partial charge in [-0.3, -0.25) is 4.79 Å². The molecule has 2 rings (SSSR count). The fraction of sp³-hybridized carbons (Fsp3) is 0.538. The Kier molecular flexibility index (Phi) is 3.34. The minimum atomic E-state index is 0.0416. The zero-order valence-electron chi connectivity index (χ0n) is 9.92. The lowest BCUT2D eigenvalue weighted by Crippen LogP contribution is -2.27. The third kappa shape index (κ3) is 2.30. The second-order valence-electron chi connectivity index (χ2n) is 4.45. The Bertz CT molecular complexity index is 395. The standard InChI is InChI=1S/C13H18N2O/c1-9-12(11-5-7-14-8-6-11)3-4-13(15-9)10(2)16/h3-4,11,14H,5-8H2,1-2H3. The first-order chi connectivity index (χ1) is 7.68. The zero-order chi connectivity index (χ0) is 11.5. The maximum atomic E-state index is 11.2. The molecular formula is C13H18N2O. The van der Waals surface area contributed by atoms with Gasteiger partial charge in [0.05, 0.1) is 0 Å². The Balaban J connectivity index is 2.24. The van der Waals surface area contributed by atoms with Gasteiger partial charge in [0.2, 0.25) is 0 Å². The number of rotatable bonds is 2. The quantitative estimate of drug-likeness (QED) is 0.773. The van der Waals surface area contributed by atoms with Crippen molar-refractivity contribution in [1.29, 1.82) is 0 Å². The number of aromatic nitrogens is 1. The van der Waals surface area contributed by atoms with E-state index in [4.69, 9.17) is 0 Å². The molecule has 0 spiro atoms. The third-order valence-corrected chi connectivity index (χ3v) is 3.27. The van der Waals surface area contributed by atoms with Gasteiger partial charge in [-0.2, -0.15) is 0 Å². The first-order valence-electron chi connectivity index (χ1n) is 5.87. The molecule has 0 aliphatic carbocycles. The number of aryl methyl sites for hydroxylation is 1. The van der Waals surface area contributed by atoms with Crippen LogP contribution in [-0.4, -0.2) is 23.9 Å². The van der Waals surface area contributed by atoms with E-state index >= 15 is 0 Å². The highest BCUT2D eigenvalue weighted by Gasteiger charge is 2.18. The van der Waals surface area contributed by atoms with Gasteiger partial charge in [0, 0.05) is 12.6 Å². The topological polar surface area (TPSA) is 42.0 Å². The summed E-state index contributed by atoms with van der Waals surface area (Å²) in [6.45, 7) is 5.73. The summed E-state index contributed by atoms with van der Waals surface area (Å²) >= 11 is 0. The van der Waals surface area contributed by atoms with E-state index < -0.39 is 0 Å². The number of carbonyl (C=O) groups is 1. The van der Waals surface area contributed by atoms with Crippen molar-refractivity contribution >= 4 is 5.78 Å². The molecule has 86 valence electrons. The summed E-state index contributed by atoms with van der Waals surface area (Å²) in [5.41, 5.74) is 2.90. The number of piperidine rings is 1. The van der Waals surface area contributed by atoms with Gasteiger partial charge >= 0.3 is 0 Å². The van der Waals surface area contributed by atoms with Crippen molar-refractivity contribution in [2.45, 2.75) is 32.6 Å². The molecular weight excluding hydrogens is 200 g/mol. The molecule has 0 radical (unpaired) electrons. The van der Waals surface area contributed by atoms with E-state index in [1.807, 2.05) is 13.0 Å². The van der Waals surface area contributed by atoms with Crippen molar-refractivity contribution in [3.05, 3.63) is 29.1 Å². The minimum Gasteiger partial charge on any atom is -0.317 e. The number of ketones is 1. The van der Waals surface area contributed by atoms with Crippen LogP contribution in [0.1, 0.15) is 47.4 Å². The number of Topliss-reactive ketones (excluding diaryl/α,β-unsaturated/α-hetero) is 1. The summed E-state index contributed by atoms with van der Waals surface area (Å²) in [7, 11) is 0. The van der Waals surface area contributed by atoms with E-state index in [1.54, 1.807) is 6.92 Å². The van der Waals surface area contributed by atoms with Crippen LogP contribution in [-0.2, 0) is 0 Å². The SMILES string of the molecule is CC(=O)c1ccc(C2CCNCC2)c(C)n1. The molecule has 1 aliphatic heterocycles. The molecule has 0 amide bonds. The maximum absolute atomic E-state index is 11.2. The summed E-state index contributed by atoms with van der Waals surface area (Å²) in [5.74, 6) is 0.648. The molecule has 1 aromatic heterocycles. The van der Waals surface area contributed by atoms with Gasteiger partial charge in [-0.15, -0.1) is 0 Å². The van der Waals surface area contributed by atoms with E-state index in [9.17, 15) is 4.79 Å².